The van der Waals surface area contributed by atoms with Crippen LogP contribution in [-0.4, -0.2) is 18.3 Å². The van der Waals surface area contributed by atoms with E-state index < -0.39 is 5.97 Å². The molecular formula is C16H11Cl2NO2S. The van der Waals surface area contributed by atoms with Crippen molar-refractivity contribution in [2.75, 3.05) is 12.4 Å². The molecule has 0 saturated carbocycles. The van der Waals surface area contributed by atoms with Gasteiger partial charge in [0.1, 0.15) is 6.61 Å². The van der Waals surface area contributed by atoms with E-state index in [2.05, 4.69) is 0 Å². The average Bonchev–Trinajstić information content (AvgIpc) is 2.54. The maximum absolute atomic E-state index is 11.9. The lowest BCUT2D eigenvalue weighted by atomic mass is 10.1. The van der Waals surface area contributed by atoms with Crippen molar-refractivity contribution in [3.05, 3.63) is 63.6 Å². The van der Waals surface area contributed by atoms with Gasteiger partial charge in [-0.1, -0.05) is 29.3 Å². The molecule has 22 heavy (non-hydrogen) atoms. The van der Waals surface area contributed by atoms with Gasteiger partial charge in [0, 0.05) is 15.7 Å². The Morgan fingerprint density at radius 3 is 2.82 bits per heavy atom. The molecule has 2 aromatic carbocycles. The van der Waals surface area contributed by atoms with E-state index in [9.17, 15) is 4.79 Å². The summed E-state index contributed by atoms with van der Waals surface area (Å²) in [7, 11) is 0. The molecule has 2 rings (SSSR count). The molecule has 0 bridgehead atoms. The Labute approximate surface area is 142 Å². The highest BCUT2D eigenvalue weighted by molar-refractivity contribution is 7.99. The fraction of sp³-hybridized carbons (Fsp3) is 0.125. The average molecular weight is 352 g/mol. The van der Waals surface area contributed by atoms with E-state index in [1.807, 2.05) is 6.07 Å². The third-order valence-corrected chi connectivity index (χ3v) is 4.39. The van der Waals surface area contributed by atoms with E-state index in [1.54, 1.807) is 36.4 Å². The first-order valence-corrected chi connectivity index (χ1v) is 8.09. The van der Waals surface area contributed by atoms with Gasteiger partial charge in [-0.3, -0.25) is 0 Å². The second kappa shape index (κ2) is 8.09. The van der Waals surface area contributed by atoms with Crippen LogP contribution >= 0.6 is 35.0 Å². The topological polar surface area (TPSA) is 50.1 Å². The van der Waals surface area contributed by atoms with E-state index in [1.165, 1.54) is 17.8 Å². The normalized spacial score (nSPS) is 10.0. The summed E-state index contributed by atoms with van der Waals surface area (Å²) in [4.78, 5) is 12.7. The standard InChI is InChI=1S/C16H11Cl2NO2S/c17-13-4-5-14(18)15(9-13)22-7-6-21-16(20)12-3-1-2-11(8-12)10-19/h1-5,8-9H,6-7H2. The lowest BCUT2D eigenvalue weighted by Gasteiger charge is -2.06. The molecule has 6 heteroatoms. The van der Waals surface area contributed by atoms with Crippen LogP contribution in [0.4, 0.5) is 0 Å². The molecule has 0 aliphatic rings. The summed E-state index contributed by atoms with van der Waals surface area (Å²) in [5, 5.41) is 10.0. The maximum Gasteiger partial charge on any atom is 0.338 e. The van der Waals surface area contributed by atoms with Crippen molar-refractivity contribution >= 4 is 40.9 Å². The zero-order valence-corrected chi connectivity index (χ0v) is 13.7. The van der Waals surface area contributed by atoms with E-state index in [0.717, 1.165) is 4.90 Å². The fourth-order valence-corrected chi connectivity index (χ4v) is 2.99. The molecule has 0 unspecified atom stereocenters. The van der Waals surface area contributed by atoms with Gasteiger partial charge in [-0.15, -0.1) is 11.8 Å². The lowest BCUT2D eigenvalue weighted by Crippen LogP contribution is -2.08. The zero-order valence-electron chi connectivity index (χ0n) is 11.4. The molecule has 0 fully saturated rings. The summed E-state index contributed by atoms with van der Waals surface area (Å²) in [5.41, 5.74) is 0.791. The number of thioether (sulfide) groups is 1. The van der Waals surface area contributed by atoms with Gasteiger partial charge >= 0.3 is 5.97 Å². The molecule has 112 valence electrons. The van der Waals surface area contributed by atoms with Crippen LogP contribution in [-0.2, 0) is 4.74 Å². The first-order chi connectivity index (χ1) is 10.6. The minimum atomic E-state index is -0.449. The molecule has 0 spiro atoms. The fourth-order valence-electron chi connectivity index (χ4n) is 1.67. The van der Waals surface area contributed by atoms with Crippen molar-refractivity contribution in [3.63, 3.8) is 0 Å². The van der Waals surface area contributed by atoms with Crippen molar-refractivity contribution in [1.29, 1.82) is 5.26 Å². The molecular weight excluding hydrogens is 341 g/mol. The maximum atomic E-state index is 11.9. The second-order valence-corrected chi connectivity index (χ2v) is 6.23. The molecule has 3 nitrogen and oxygen atoms in total. The third kappa shape index (κ3) is 4.67. The minimum absolute atomic E-state index is 0.239. The van der Waals surface area contributed by atoms with Crippen LogP contribution in [0.25, 0.3) is 0 Å². The van der Waals surface area contributed by atoms with Crippen molar-refractivity contribution < 1.29 is 9.53 Å². The molecule has 2 aromatic rings. The number of esters is 1. The van der Waals surface area contributed by atoms with Crippen LogP contribution in [0.5, 0.6) is 0 Å². The summed E-state index contributed by atoms with van der Waals surface area (Å²) in [5.74, 6) is 0.110. The monoisotopic (exact) mass is 351 g/mol. The van der Waals surface area contributed by atoms with E-state index in [0.29, 0.717) is 26.9 Å². The van der Waals surface area contributed by atoms with Crippen LogP contribution < -0.4 is 0 Å². The zero-order chi connectivity index (χ0) is 15.9. The molecule has 0 radical (unpaired) electrons. The molecule has 0 aliphatic heterocycles. The molecule has 0 aromatic heterocycles. The van der Waals surface area contributed by atoms with Crippen molar-refractivity contribution in [3.8, 4) is 6.07 Å². The van der Waals surface area contributed by atoms with E-state index in [-0.39, 0.29) is 6.61 Å². The summed E-state index contributed by atoms with van der Waals surface area (Å²) in [6.07, 6.45) is 0. The first-order valence-electron chi connectivity index (χ1n) is 6.35. The summed E-state index contributed by atoms with van der Waals surface area (Å²) in [6.45, 7) is 0.239. The molecule has 0 saturated heterocycles. The smallest absolute Gasteiger partial charge is 0.338 e. The van der Waals surface area contributed by atoms with Crippen LogP contribution in [0.15, 0.2) is 47.4 Å². The number of halogens is 2. The Balaban J connectivity index is 1.84. The van der Waals surface area contributed by atoms with Gasteiger partial charge in [0.05, 0.1) is 22.2 Å². The highest BCUT2D eigenvalue weighted by Crippen LogP contribution is 2.29. The molecule has 0 N–H and O–H groups in total. The van der Waals surface area contributed by atoms with Crippen LogP contribution in [0.1, 0.15) is 15.9 Å². The largest absolute Gasteiger partial charge is 0.461 e. The van der Waals surface area contributed by atoms with Crippen LogP contribution in [0.3, 0.4) is 0 Å². The van der Waals surface area contributed by atoms with Crippen molar-refractivity contribution in [2.24, 2.45) is 0 Å². The Hall–Kier alpha value is -1.67. The number of carbonyl (C=O) groups excluding carboxylic acids is 1. The molecule has 0 heterocycles. The predicted octanol–water partition coefficient (Wildman–Crippen LogP) is 4.81. The van der Waals surface area contributed by atoms with Gasteiger partial charge in [0.2, 0.25) is 0 Å². The number of rotatable bonds is 5. The quantitative estimate of drug-likeness (QED) is 0.440. The number of nitriles is 1. The Morgan fingerprint density at radius 2 is 2.05 bits per heavy atom. The molecule has 0 aliphatic carbocycles. The second-order valence-electron chi connectivity index (χ2n) is 4.25. The van der Waals surface area contributed by atoms with Gasteiger partial charge in [-0.2, -0.15) is 5.26 Å². The first kappa shape index (κ1) is 16.7. The van der Waals surface area contributed by atoms with Gasteiger partial charge in [-0.25, -0.2) is 4.79 Å². The summed E-state index contributed by atoms with van der Waals surface area (Å²) in [6, 6.07) is 13.6. The Bertz CT molecular complexity index is 728. The predicted molar refractivity (Wildman–Crippen MR) is 88.6 cm³/mol. The summed E-state index contributed by atoms with van der Waals surface area (Å²) >= 11 is 13.4. The van der Waals surface area contributed by atoms with E-state index >= 15 is 0 Å². The van der Waals surface area contributed by atoms with Crippen molar-refractivity contribution in [2.45, 2.75) is 4.90 Å². The third-order valence-electron chi connectivity index (χ3n) is 2.69. The number of carbonyl (C=O) groups is 1. The highest BCUT2D eigenvalue weighted by atomic mass is 35.5. The minimum Gasteiger partial charge on any atom is -0.461 e. The Kier molecular flexibility index (Phi) is 6.14. The van der Waals surface area contributed by atoms with E-state index in [4.69, 9.17) is 33.2 Å². The lowest BCUT2D eigenvalue weighted by molar-refractivity contribution is 0.0530. The number of ether oxygens (including phenoxy) is 1. The number of hydrogen-bond donors (Lipinski definition) is 0. The van der Waals surface area contributed by atoms with Gasteiger partial charge in [-0.05, 0) is 36.4 Å². The molecule has 0 atom stereocenters. The van der Waals surface area contributed by atoms with Crippen LogP contribution in [0, 0.1) is 11.3 Å². The SMILES string of the molecule is N#Cc1cccc(C(=O)OCCSc2cc(Cl)ccc2Cl)c1. The van der Waals surface area contributed by atoms with Gasteiger partial charge in [0.25, 0.3) is 0 Å². The van der Waals surface area contributed by atoms with Gasteiger partial charge in [0.15, 0.2) is 0 Å². The summed E-state index contributed by atoms with van der Waals surface area (Å²) < 4.78 is 5.17. The highest BCUT2D eigenvalue weighted by Gasteiger charge is 2.08. The van der Waals surface area contributed by atoms with Gasteiger partial charge < -0.3 is 4.74 Å². The number of hydrogen-bond acceptors (Lipinski definition) is 4. The van der Waals surface area contributed by atoms with Crippen LogP contribution in [0.2, 0.25) is 10.0 Å². The number of nitrogens with zero attached hydrogens (tertiary/aromatic N) is 1. The molecule has 0 amide bonds. The van der Waals surface area contributed by atoms with Crippen molar-refractivity contribution in [1.82, 2.24) is 0 Å². The Morgan fingerprint density at radius 1 is 1.23 bits per heavy atom. The number of benzene rings is 2.